The first-order valence-corrected chi connectivity index (χ1v) is 12.2. The number of carbonyl (C=O) groups is 1. The van der Waals surface area contributed by atoms with E-state index in [-0.39, 0.29) is 18.7 Å². The number of nitrogens with one attached hydrogen (secondary N) is 1. The summed E-state index contributed by atoms with van der Waals surface area (Å²) < 4.78 is 12.4. The monoisotopic (exact) mass is 441 g/mol. The largest absolute Gasteiger partial charge is 0.454 e. The molecule has 2 heterocycles. The molecule has 2 aromatic rings. The molecule has 1 atom stereocenters. The van der Waals surface area contributed by atoms with Crippen LogP contribution in [0.25, 0.3) is 5.69 Å². The molecule has 4 fully saturated rings. The third-order valence-corrected chi connectivity index (χ3v) is 8.67. The molecule has 4 bridgehead atoms. The van der Waals surface area contributed by atoms with Crippen molar-refractivity contribution in [2.24, 2.45) is 23.2 Å². The fraction of sp³-hybridized carbons (Fsp3) is 0.636. The van der Waals surface area contributed by atoms with Crippen molar-refractivity contribution in [3.8, 4) is 17.2 Å². The number of benzene rings is 1. The molecule has 1 N–H and O–H groups in total. The van der Waals surface area contributed by atoms with Crippen molar-refractivity contribution in [2.75, 3.05) is 12.5 Å². The standard InChI is InChI=1S/C22H27N5O3S/c1-13(22-8-14-4-15(9-22)6-16(5-14)10-22)23-20(28)11-31-21-24-25-26-27(21)17-2-3-18-19(7-17)30-12-29-18/h2-3,7,13-16H,4-6,8-12H2,1H3,(H,23,28). The SMILES string of the molecule is CC(NC(=O)CSc1nnnn1-c1ccc2c(c1)OCO2)C12CC3CC(CC(C3)C1)C2. The molecule has 4 aliphatic carbocycles. The molecule has 1 aromatic carbocycles. The first kappa shape index (κ1) is 19.4. The molecule has 31 heavy (non-hydrogen) atoms. The summed E-state index contributed by atoms with van der Waals surface area (Å²) in [6.45, 7) is 2.43. The van der Waals surface area contributed by atoms with E-state index in [0.29, 0.717) is 27.8 Å². The van der Waals surface area contributed by atoms with E-state index in [1.165, 1.54) is 50.3 Å². The van der Waals surface area contributed by atoms with Gasteiger partial charge in [-0.3, -0.25) is 4.79 Å². The van der Waals surface area contributed by atoms with Crippen molar-refractivity contribution < 1.29 is 14.3 Å². The van der Waals surface area contributed by atoms with Gasteiger partial charge in [0.25, 0.3) is 0 Å². The number of rotatable bonds is 6. The van der Waals surface area contributed by atoms with Gasteiger partial charge in [0.15, 0.2) is 11.5 Å². The Kier molecular flexibility index (Phi) is 4.63. The zero-order valence-corrected chi connectivity index (χ0v) is 18.4. The lowest BCUT2D eigenvalue weighted by molar-refractivity contribution is -0.123. The van der Waals surface area contributed by atoms with Crippen molar-refractivity contribution in [3.05, 3.63) is 18.2 Å². The van der Waals surface area contributed by atoms with Crippen molar-refractivity contribution in [1.29, 1.82) is 0 Å². The predicted molar refractivity (Wildman–Crippen MR) is 114 cm³/mol. The minimum atomic E-state index is 0.0495. The van der Waals surface area contributed by atoms with Crippen molar-refractivity contribution in [1.82, 2.24) is 25.5 Å². The molecule has 1 aromatic heterocycles. The summed E-state index contributed by atoms with van der Waals surface area (Å²) in [7, 11) is 0. The second kappa shape index (κ2) is 7.39. The number of amides is 1. The number of hydrogen-bond donors (Lipinski definition) is 1. The van der Waals surface area contributed by atoms with Crippen LogP contribution in [0.5, 0.6) is 11.5 Å². The lowest BCUT2D eigenvalue weighted by Gasteiger charge is -2.59. The van der Waals surface area contributed by atoms with Gasteiger partial charge in [-0.05, 0) is 91.2 Å². The molecule has 0 radical (unpaired) electrons. The van der Waals surface area contributed by atoms with Gasteiger partial charge in [0, 0.05) is 12.1 Å². The zero-order valence-electron chi connectivity index (χ0n) is 17.6. The van der Waals surface area contributed by atoms with E-state index in [1.54, 1.807) is 4.68 Å². The number of nitrogens with zero attached hydrogens (tertiary/aromatic N) is 4. The first-order chi connectivity index (χ1) is 15.1. The van der Waals surface area contributed by atoms with Crippen LogP contribution in [0.2, 0.25) is 0 Å². The van der Waals surface area contributed by atoms with Crippen LogP contribution < -0.4 is 14.8 Å². The molecule has 8 nitrogen and oxygen atoms in total. The quantitative estimate of drug-likeness (QED) is 0.688. The van der Waals surface area contributed by atoms with Gasteiger partial charge in [0.1, 0.15) is 0 Å². The summed E-state index contributed by atoms with van der Waals surface area (Å²) in [5, 5.41) is 15.9. The van der Waals surface area contributed by atoms with Crippen LogP contribution >= 0.6 is 11.8 Å². The van der Waals surface area contributed by atoms with Crippen molar-refractivity contribution >= 4 is 17.7 Å². The lowest BCUT2D eigenvalue weighted by Crippen LogP contribution is -2.56. The van der Waals surface area contributed by atoms with Crippen LogP contribution in [0, 0.1) is 23.2 Å². The number of fused-ring (bicyclic) bond motifs is 1. The summed E-state index contributed by atoms with van der Waals surface area (Å²) in [4.78, 5) is 12.8. The van der Waals surface area contributed by atoms with Crippen LogP contribution in [0.15, 0.2) is 23.4 Å². The second-order valence-corrected chi connectivity index (χ2v) is 10.7. The van der Waals surface area contributed by atoms with Gasteiger partial charge in [-0.15, -0.1) is 5.10 Å². The summed E-state index contributed by atoms with van der Waals surface area (Å²) in [5.74, 6) is 4.37. The van der Waals surface area contributed by atoms with E-state index in [4.69, 9.17) is 9.47 Å². The highest BCUT2D eigenvalue weighted by molar-refractivity contribution is 7.99. The summed E-state index contributed by atoms with van der Waals surface area (Å²) in [6, 6.07) is 5.79. The Morgan fingerprint density at radius 2 is 1.90 bits per heavy atom. The number of ether oxygens (including phenoxy) is 2. The molecule has 0 spiro atoms. The molecular weight excluding hydrogens is 414 g/mol. The topological polar surface area (TPSA) is 91.2 Å². The highest BCUT2D eigenvalue weighted by Crippen LogP contribution is 2.61. The van der Waals surface area contributed by atoms with Gasteiger partial charge < -0.3 is 14.8 Å². The number of aromatic nitrogens is 4. The fourth-order valence-corrected chi connectivity index (χ4v) is 7.42. The molecular formula is C22H27N5O3S. The maximum Gasteiger partial charge on any atom is 0.231 e. The number of tetrazole rings is 1. The average molecular weight is 442 g/mol. The Bertz CT molecular complexity index is 973. The summed E-state index contributed by atoms with van der Waals surface area (Å²) in [5.41, 5.74) is 1.09. The van der Waals surface area contributed by atoms with E-state index in [0.717, 1.165) is 23.4 Å². The molecule has 1 amide bonds. The third-order valence-electron chi connectivity index (χ3n) is 7.76. The van der Waals surface area contributed by atoms with E-state index in [9.17, 15) is 4.79 Å². The maximum absolute atomic E-state index is 12.8. The Morgan fingerprint density at radius 1 is 1.19 bits per heavy atom. The summed E-state index contributed by atoms with van der Waals surface area (Å²) >= 11 is 1.35. The van der Waals surface area contributed by atoms with Gasteiger partial charge in [-0.2, -0.15) is 4.68 Å². The Hall–Kier alpha value is -2.29. The minimum Gasteiger partial charge on any atom is -0.454 e. The summed E-state index contributed by atoms with van der Waals surface area (Å²) in [6.07, 6.45) is 8.11. The third kappa shape index (κ3) is 3.46. The second-order valence-electron chi connectivity index (χ2n) is 9.77. The normalized spacial score (nSPS) is 31.1. The number of thioether (sulfide) groups is 1. The zero-order chi connectivity index (χ0) is 21.0. The maximum atomic E-state index is 12.8. The molecule has 4 saturated carbocycles. The smallest absolute Gasteiger partial charge is 0.231 e. The van der Waals surface area contributed by atoms with E-state index < -0.39 is 0 Å². The molecule has 1 aliphatic heterocycles. The molecule has 164 valence electrons. The van der Waals surface area contributed by atoms with Gasteiger partial charge in [-0.25, -0.2) is 0 Å². The van der Waals surface area contributed by atoms with E-state index in [2.05, 4.69) is 27.8 Å². The van der Waals surface area contributed by atoms with Gasteiger partial charge >= 0.3 is 0 Å². The number of carbonyl (C=O) groups excluding carboxylic acids is 1. The average Bonchev–Trinajstić information content (AvgIpc) is 3.40. The minimum absolute atomic E-state index is 0.0495. The molecule has 7 rings (SSSR count). The number of hydrogen-bond acceptors (Lipinski definition) is 7. The molecule has 5 aliphatic rings. The first-order valence-electron chi connectivity index (χ1n) is 11.2. The van der Waals surface area contributed by atoms with Gasteiger partial charge in [-0.1, -0.05) is 11.8 Å². The molecule has 0 saturated heterocycles. The Morgan fingerprint density at radius 3 is 2.65 bits per heavy atom. The van der Waals surface area contributed by atoms with E-state index in [1.807, 2.05) is 18.2 Å². The van der Waals surface area contributed by atoms with E-state index >= 15 is 0 Å². The lowest BCUT2D eigenvalue weighted by atomic mass is 9.48. The van der Waals surface area contributed by atoms with Crippen LogP contribution in [0.1, 0.15) is 45.4 Å². The highest BCUT2D eigenvalue weighted by Gasteiger charge is 2.53. The Balaban J connectivity index is 1.10. The predicted octanol–water partition coefficient (Wildman–Crippen LogP) is 3.20. The van der Waals surface area contributed by atoms with Crippen molar-refractivity contribution in [2.45, 2.75) is 56.6 Å². The van der Waals surface area contributed by atoms with Crippen molar-refractivity contribution in [3.63, 3.8) is 0 Å². The van der Waals surface area contributed by atoms with Gasteiger partial charge in [0.05, 0.1) is 11.4 Å². The van der Waals surface area contributed by atoms with Crippen LogP contribution in [-0.2, 0) is 4.79 Å². The van der Waals surface area contributed by atoms with Crippen LogP contribution in [0.3, 0.4) is 0 Å². The Labute approximate surface area is 185 Å². The molecule has 1 unspecified atom stereocenters. The highest BCUT2D eigenvalue weighted by atomic mass is 32.2. The molecule has 9 heteroatoms. The fourth-order valence-electron chi connectivity index (χ4n) is 6.72. The van der Waals surface area contributed by atoms with Crippen LogP contribution in [0.4, 0.5) is 0 Å². The van der Waals surface area contributed by atoms with Gasteiger partial charge in [0.2, 0.25) is 17.9 Å². The van der Waals surface area contributed by atoms with Crippen LogP contribution in [-0.4, -0.2) is 44.7 Å².